The molecule has 0 radical (unpaired) electrons. The number of benzene rings is 3. The minimum atomic E-state index is 1.07. The number of rotatable bonds is 6. The molecule has 132 valence electrons. The summed E-state index contributed by atoms with van der Waals surface area (Å²) in [7, 11) is 0. The summed E-state index contributed by atoms with van der Waals surface area (Å²) in [6, 6.07) is 24.1. The fraction of sp³-hybridized carbons (Fsp3) is 0.250. The molecule has 2 heteroatoms. The van der Waals surface area contributed by atoms with Gasteiger partial charge in [0.05, 0.1) is 5.52 Å². The van der Waals surface area contributed by atoms with Gasteiger partial charge in [0, 0.05) is 32.9 Å². The van der Waals surface area contributed by atoms with E-state index in [2.05, 4.69) is 94.2 Å². The van der Waals surface area contributed by atoms with E-state index in [0.717, 1.165) is 11.0 Å². The molecule has 0 aliphatic carbocycles. The Bertz CT molecular complexity index is 1030. The highest BCUT2D eigenvalue weighted by Crippen LogP contribution is 2.37. The number of hydrogen-bond acceptors (Lipinski definition) is 0. The minimum absolute atomic E-state index is 1.07. The molecule has 0 unspecified atom stereocenters. The number of aromatic nitrogens is 1. The van der Waals surface area contributed by atoms with Crippen molar-refractivity contribution in [3.8, 4) is 11.1 Å². The van der Waals surface area contributed by atoms with E-state index in [4.69, 9.17) is 0 Å². The first-order valence-corrected chi connectivity index (χ1v) is 10.3. The van der Waals surface area contributed by atoms with Gasteiger partial charge in [-0.1, -0.05) is 90.6 Å². The SMILES string of the molecule is CCCCCCn1c2ccc(Br)cc2c2cccc(-c3ccccc3)c21. The molecule has 4 rings (SSSR count). The molecule has 1 aromatic heterocycles. The summed E-state index contributed by atoms with van der Waals surface area (Å²) in [5.74, 6) is 0. The van der Waals surface area contributed by atoms with Gasteiger partial charge in [-0.3, -0.25) is 0 Å². The topological polar surface area (TPSA) is 4.93 Å². The average molecular weight is 406 g/mol. The third-order valence-electron chi connectivity index (χ3n) is 5.17. The molecule has 0 N–H and O–H groups in total. The Labute approximate surface area is 163 Å². The van der Waals surface area contributed by atoms with Gasteiger partial charge < -0.3 is 4.57 Å². The van der Waals surface area contributed by atoms with Gasteiger partial charge in [0.25, 0.3) is 0 Å². The first-order chi connectivity index (χ1) is 12.8. The van der Waals surface area contributed by atoms with Gasteiger partial charge in [0.2, 0.25) is 0 Å². The number of para-hydroxylation sites is 1. The normalized spacial score (nSPS) is 11.5. The molecule has 0 saturated carbocycles. The fourth-order valence-electron chi connectivity index (χ4n) is 3.91. The number of unbranched alkanes of at least 4 members (excludes halogenated alkanes) is 3. The summed E-state index contributed by atoms with van der Waals surface area (Å²) in [6.07, 6.45) is 5.11. The third-order valence-corrected chi connectivity index (χ3v) is 5.66. The predicted molar refractivity (Wildman–Crippen MR) is 117 cm³/mol. The van der Waals surface area contributed by atoms with Crippen LogP contribution in [0.2, 0.25) is 0 Å². The summed E-state index contributed by atoms with van der Waals surface area (Å²) in [4.78, 5) is 0. The summed E-state index contributed by atoms with van der Waals surface area (Å²) >= 11 is 3.65. The Morgan fingerprint density at radius 2 is 1.65 bits per heavy atom. The van der Waals surface area contributed by atoms with Crippen LogP contribution in [-0.4, -0.2) is 4.57 Å². The van der Waals surface area contributed by atoms with Gasteiger partial charge in [-0.25, -0.2) is 0 Å². The monoisotopic (exact) mass is 405 g/mol. The first kappa shape index (κ1) is 17.4. The van der Waals surface area contributed by atoms with Crippen LogP contribution < -0.4 is 0 Å². The zero-order chi connectivity index (χ0) is 17.9. The zero-order valence-corrected chi connectivity index (χ0v) is 16.8. The second-order valence-corrected chi connectivity index (χ2v) is 7.86. The molecular formula is C24H24BrN. The molecule has 0 atom stereocenters. The minimum Gasteiger partial charge on any atom is -0.340 e. The van der Waals surface area contributed by atoms with Crippen LogP contribution in [0, 0.1) is 0 Å². The maximum Gasteiger partial charge on any atom is 0.0571 e. The van der Waals surface area contributed by atoms with E-state index in [1.165, 1.54) is 58.6 Å². The lowest BCUT2D eigenvalue weighted by Crippen LogP contribution is -1.99. The number of aryl methyl sites for hydroxylation is 1. The van der Waals surface area contributed by atoms with Crippen molar-refractivity contribution in [1.29, 1.82) is 0 Å². The molecule has 0 aliphatic rings. The standard InChI is InChI=1S/C24H24BrN/c1-2-3-4-8-16-26-23-15-14-19(25)17-22(23)21-13-9-12-20(24(21)26)18-10-6-5-7-11-18/h5-7,9-15,17H,2-4,8,16H2,1H3. The first-order valence-electron chi connectivity index (χ1n) is 9.55. The number of halogens is 1. The number of hydrogen-bond donors (Lipinski definition) is 0. The fourth-order valence-corrected chi connectivity index (χ4v) is 4.27. The van der Waals surface area contributed by atoms with Gasteiger partial charge in [0.15, 0.2) is 0 Å². The highest BCUT2D eigenvalue weighted by atomic mass is 79.9. The number of nitrogens with zero attached hydrogens (tertiary/aromatic N) is 1. The van der Waals surface area contributed by atoms with Crippen molar-refractivity contribution in [3.63, 3.8) is 0 Å². The Morgan fingerprint density at radius 1 is 0.808 bits per heavy atom. The summed E-state index contributed by atoms with van der Waals surface area (Å²) in [5.41, 5.74) is 5.31. The van der Waals surface area contributed by atoms with E-state index in [9.17, 15) is 0 Å². The van der Waals surface area contributed by atoms with Crippen molar-refractivity contribution >= 4 is 37.7 Å². The highest BCUT2D eigenvalue weighted by molar-refractivity contribution is 9.10. The quantitative estimate of drug-likeness (QED) is 0.288. The average Bonchev–Trinajstić information content (AvgIpc) is 2.99. The van der Waals surface area contributed by atoms with Crippen molar-refractivity contribution in [2.75, 3.05) is 0 Å². The van der Waals surface area contributed by atoms with Crippen molar-refractivity contribution < 1.29 is 0 Å². The third kappa shape index (κ3) is 3.19. The molecule has 1 heterocycles. The van der Waals surface area contributed by atoms with E-state index < -0.39 is 0 Å². The van der Waals surface area contributed by atoms with Gasteiger partial charge in [-0.2, -0.15) is 0 Å². The second-order valence-electron chi connectivity index (χ2n) is 6.94. The molecule has 1 nitrogen and oxygen atoms in total. The van der Waals surface area contributed by atoms with Gasteiger partial charge >= 0.3 is 0 Å². The lowest BCUT2D eigenvalue weighted by Gasteiger charge is -2.11. The largest absolute Gasteiger partial charge is 0.340 e. The summed E-state index contributed by atoms with van der Waals surface area (Å²) in [5, 5.41) is 2.68. The lowest BCUT2D eigenvalue weighted by atomic mass is 10.0. The Kier molecular flexibility index (Phi) is 5.12. The van der Waals surface area contributed by atoms with E-state index >= 15 is 0 Å². The highest BCUT2D eigenvalue weighted by Gasteiger charge is 2.15. The second kappa shape index (κ2) is 7.67. The van der Waals surface area contributed by atoms with Crippen LogP contribution in [0.4, 0.5) is 0 Å². The van der Waals surface area contributed by atoms with Crippen LogP contribution in [0.25, 0.3) is 32.9 Å². The molecule has 0 amide bonds. The van der Waals surface area contributed by atoms with E-state index in [1.807, 2.05) is 0 Å². The molecule has 0 aliphatic heterocycles. The lowest BCUT2D eigenvalue weighted by molar-refractivity contribution is 0.602. The van der Waals surface area contributed by atoms with Crippen LogP contribution in [0.1, 0.15) is 32.6 Å². The van der Waals surface area contributed by atoms with Crippen LogP contribution >= 0.6 is 15.9 Å². The molecule has 0 saturated heterocycles. The molecule has 0 spiro atoms. The Balaban J connectivity index is 1.95. The number of fused-ring (bicyclic) bond motifs is 3. The van der Waals surface area contributed by atoms with E-state index in [0.29, 0.717) is 0 Å². The van der Waals surface area contributed by atoms with Crippen molar-refractivity contribution in [2.24, 2.45) is 0 Å². The molecule has 3 aromatic carbocycles. The summed E-state index contributed by atoms with van der Waals surface area (Å²) < 4.78 is 3.68. The van der Waals surface area contributed by atoms with Gasteiger partial charge in [0.1, 0.15) is 0 Å². The van der Waals surface area contributed by atoms with Crippen molar-refractivity contribution in [2.45, 2.75) is 39.2 Å². The van der Waals surface area contributed by atoms with Crippen molar-refractivity contribution in [1.82, 2.24) is 4.57 Å². The smallest absolute Gasteiger partial charge is 0.0571 e. The zero-order valence-electron chi connectivity index (χ0n) is 15.2. The van der Waals surface area contributed by atoms with E-state index in [-0.39, 0.29) is 0 Å². The van der Waals surface area contributed by atoms with Gasteiger partial charge in [-0.15, -0.1) is 0 Å². The van der Waals surface area contributed by atoms with Crippen molar-refractivity contribution in [3.05, 3.63) is 71.2 Å². The maximum atomic E-state index is 3.65. The van der Waals surface area contributed by atoms with Crippen LogP contribution in [-0.2, 0) is 6.54 Å². The van der Waals surface area contributed by atoms with Crippen LogP contribution in [0.15, 0.2) is 71.2 Å². The van der Waals surface area contributed by atoms with Crippen LogP contribution in [0.3, 0.4) is 0 Å². The Morgan fingerprint density at radius 3 is 2.46 bits per heavy atom. The molecule has 0 fully saturated rings. The summed E-state index contributed by atoms with van der Waals surface area (Å²) in [6.45, 7) is 3.34. The van der Waals surface area contributed by atoms with Crippen LogP contribution in [0.5, 0.6) is 0 Å². The Hall–Kier alpha value is -2.06. The maximum absolute atomic E-state index is 3.65. The molecule has 0 bridgehead atoms. The molecular weight excluding hydrogens is 382 g/mol. The van der Waals surface area contributed by atoms with Gasteiger partial charge in [-0.05, 0) is 30.2 Å². The molecule has 4 aromatic rings. The molecule has 26 heavy (non-hydrogen) atoms. The van der Waals surface area contributed by atoms with E-state index in [1.54, 1.807) is 0 Å². The predicted octanol–water partition coefficient (Wildman–Crippen LogP) is 7.80.